The second-order valence-corrected chi connectivity index (χ2v) is 5.01. The van der Waals surface area contributed by atoms with E-state index in [4.69, 9.17) is 11.6 Å². The minimum absolute atomic E-state index is 0.0130. The van der Waals surface area contributed by atoms with E-state index in [2.05, 4.69) is 26.0 Å². The molecule has 2 aromatic rings. The number of alkyl halides is 3. The average Bonchev–Trinajstić information content (AvgIpc) is 2.34. The number of hydrogen-bond donors (Lipinski definition) is 0. The monoisotopic (exact) mass is 367 g/mol. The SMILES string of the molecule is O=c1c(Br)cc(Cl)nn1Cc1ncccc1C(F)(F)F. The largest absolute Gasteiger partial charge is 0.418 e. The molecule has 0 unspecified atom stereocenters. The number of aromatic nitrogens is 3. The van der Waals surface area contributed by atoms with E-state index in [1.807, 2.05) is 0 Å². The highest BCUT2D eigenvalue weighted by Gasteiger charge is 2.34. The van der Waals surface area contributed by atoms with Gasteiger partial charge in [-0.2, -0.15) is 18.3 Å². The van der Waals surface area contributed by atoms with Crippen LogP contribution in [0.1, 0.15) is 11.3 Å². The molecule has 0 radical (unpaired) electrons. The Balaban J connectivity index is 2.49. The van der Waals surface area contributed by atoms with Crippen molar-refractivity contribution >= 4 is 27.5 Å². The van der Waals surface area contributed by atoms with Crippen molar-refractivity contribution in [2.75, 3.05) is 0 Å². The van der Waals surface area contributed by atoms with Crippen LogP contribution in [0.15, 0.2) is 33.7 Å². The smallest absolute Gasteiger partial charge is 0.266 e. The molecule has 106 valence electrons. The standard InChI is InChI=1S/C11H6BrClF3N3O/c12-7-4-9(13)18-19(10(7)20)5-8-6(11(14,15)16)2-1-3-17-8/h1-4H,5H2. The van der Waals surface area contributed by atoms with Gasteiger partial charge < -0.3 is 0 Å². The lowest BCUT2D eigenvalue weighted by molar-refractivity contribution is -0.138. The van der Waals surface area contributed by atoms with Crippen molar-refractivity contribution in [2.45, 2.75) is 12.7 Å². The highest BCUT2D eigenvalue weighted by atomic mass is 79.9. The quantitative estimate of drug-likeness (QED) is 0.818. The predicted molar refractivity (Wildman–Crippen MR) is 69.5 cm³/mol. The Kier molecular flexibility index (Phi) is 4.14. The van der Waals surface area contributed by atoms with Gasteiger partial charge in [0.1, 0.15) is 0 Å². The van der Waals surface area contributed by atoms with E-state index < -0.39 is 23.8 Å². The zero-order valence-corrected chi connectivity index (χ0v) is 12.0. The summed E-state index contributed by atoms with van der Waals surface area (Å²) in [5, 5.41) is 3.67. The molecule has 2 aromatic heterocycles. The summed E-state index contributed by atoms with van der Waals surface area (Å²) in [5.74, 6) is 0. The molecule has 0 bridgehead atoms. The predicted octanol–water partition coefficient (Wildman–Crippen LogP) is 3.12. The van der Waals surface area contributed by atoms with Gasteiger partial charge in [0.25, 0.3) is 5.56 Å². The molecule has 0 fully saturated rings. The van der Waals surface area contributed by atoms with E-state index in [1.165, 1.54) is 18.3 Å². The third kappa shape index (κ3) is 3.18. The van der Waals surface area contributed by atoms with Gasteiger partial charge in [0, 0.05) is 6.20 Å². The summed E-state index contributed by atoms with van der Waals surface area (Å²) in [5.41, 5.74) is -1.80. The van der Waals surface area contributed by atoms with Crippen LogP contribution in [-0.2, 0) is 12.7 Å². The van der Waals surface area contributed by atoms with Crippen molar-refractivity contribution in [1.29, 1.82) is 0 Å². The second-order valence-electron chi connectivity index (χ2n) is 3.77. The molecular formula is C11H6BrClF3N3O. The summed E-state index contributed by atoms with van der Waals surface area (Å²) in [7, 11) is 0. The third-order valence-corrected chi connectivity index (χ3v) is 3.15. The molecule has 0 N–H and O–H groups in total. The van der Waals surface area contributed by atoms with Gasteiger partial charge in [-0.25, -0.2) is 4.68 Å². The fourth-order valence-electron chi connectivity index (χ4n) is 1.55. The molecule has 0 aliphatic rings. The van der Waals surface area contributed by atoms with Crippen molar-refractivity contribution in [3.8, 4) is 0 Å². The minimum Gasteiger partial charge on any atom is -0.266 e. The Morgan fingerprint density at radius 1 is 1.40 bits per heavy atom. The number of rotatable bonds is 2. The lowest BCUT2D eigenvalue weighted by Gasteiger charge is -2.12. The topological polar surface area (TPSA) is 47.8 Å². The minimum atomic E-state index is -4.55. The third-order valence-electron chi connectivity index (χ3n) is 2.40. The summed E-state index contributed by atoms with van der Waals surface area (Å²) in [6.45, 7) is -0.423. The Labute approximate surface area is 124 Å². The zero-order chi connectivity index (χ0) is 14.9. The van der Waals surface area contributed by atoms with E-state index in [1.54, 1.807) is 0 Å². The van der Waals surface area contributed by atoms with Crippen LogP contribution in [0.4, 0.5) is 13.2 Å². The van der Waals surface area contributed by atoms with Crippen molar-refractivity contribution < 1.29 is 13.2 Å². The molecule has 2 heterocycles. The van der Waals surface area contributed by atoms with Gasteiger partial charge in [-0.15, -0.1) is 0 Å². The molecule has 0 saturated carbocycles. The molecular weight excluding hydrogens is 362 g/mol. The average molecular weight is 369 g/mol. The summed E-state index contributed by atoms with van der Waals surface area (Å²) in [6, 6.07) is 3.34. The molecule has 0 amide bonds. The zero-order valence-electron chi connectivity index (χ0n) is 9.66. The van der Waals surface area contributed by atoms with Gasteiger partial charge in [0.15, 0.2) is 5.15 Å². The number of pyridine rings is 1. The van der Waals surface area contributed by atoms with E-state index in [0.717, 1.165) is 10.7 Å². The normalized spacial score (nSPS) is 11.7. The lowest BCUT2D eigenvalue weighted by atomic mass is 10.2. The van der Waals surface area contributed by atoms with Crippen LogP contribution in [0, 0.1) is 0 Å². The Bertz CT molecular complexity index is 702. The fourth-order valence-corrected chi connectivity index (χ4v) is 2.30. The van der Waals surface area contributed by atoms with Crippen molar-refractivity contribution in [1.82, 2.24) is 14.8 Å². The van der Waals surface area contributed by atoms with Gasteiger partial charge in [0.05, 0.1) is 22.3 Å². The Morgan fingerprint density at radius 2 is 2.10 bits per heavy atom. The van der Waals surface area contributed by atoms with Crippen LogP contribution in [0.25, 0.3) is 0 Å². The molecule has 0 saturated heterocycles. The molecule has 9 heteroatoms. The first-order valence-corrected chi connectivity index (χ1v) is 6.40. The first-order valence-electron chi connectivity index (χ1n) is 5.23. The van der Waals surface area contributed by atoms with Gasteiger partial charge >= 0.3 is 6.18 Å². The van der Waals surface area contributed by atoms with Crippen LogP contribution in [0.3, 0.4) is 0 Å². The molecule has 4 nitrogen and oxygen atoms in total. The molecule has 0 aromatic carbocycles. The summed E-state index contributed by atoms with van der Waals surface area (Å²) < 4.78 is 39.4. The highest BCUT2D eigenvalue weighted by molar-refractivity contribution is 9.10. The Hall–Kier alpha value is -1.41. The number of hydrogen-bond acceptors (Lipinski definition) is 3. The van der Waals surface area contributed by atoms with Gasteiger partial charge in [-0.3, -0.25) is 9.78 Å². The maximum Gasteiger partial charge on any atom is 0.418 e. The lowest BCUT2D eigenvalue weighted by Crippen LogP contribution is -2.26. The molecule has 20 heavy (non-hydrogen) atoms. The summed E-state index contributed by atoms with van der Waals surface area (Å²) >= 11 is 8.64. The Morgan fingerprint density at radius 3 is 2.75 bits per heavy atom. The van der Waals surface area contributed by atoms with Crippen molar-refractivity contribution in [2.24, 2.45) is 0 Å². The van der Waals surface area contributed by atoms with E-state index >= 15 is 0 Å². The maximum absolute atomic E-state index is 12.8. The van der Waals surface area contributed by atoms with Crippen LogP contribution < -0.4 is 5.56 Å². The van der Waals surface area contributed by atoms with Crippen LogP contribution in [-0.4, -0.2) is 14.8 Å². The highest BCUT2D eigenvalue weighted by Crippen LogP contribution is 2.31. The van der Waals surface area contributed by atoms with Crippen molar-refractivity contribution in [3.05, 3.63) is 55.6 Å². The van der Waals surface area contributed by atoms with Crippen LogP contribution in [0.5, 0.6) is 0 Å². The van der Waals surface area contributed by atoms with Crippen LogP contribution >= 0.6 is 27.5 Å². The molecule has 0 spiro atoms. The van der Waals surface area contributed by atoms with Crippen molar-refractivity contribution in [3.63, 3.8) is 0 Å². The van der Waals surface area contributed by atoms with Crippen LogP contribution in [0.2, 0.25) is 5.15 Å². The van der Waals surface area contributed by atoms with Gasteiger partial charge in [-0.1, -0.05) is 11.6 Å². The first kappa shape index (κ1) is 15.0. The van der Waals surface area contributed by atoms with E-state index in [9.17, 15) is 18.0 Å². The number of nitrogens with zero attached hydrogens (tertiary/aromatic N) is 3. The molecule has 2 rings (SSSR count). The summed E-state index contributed by atoms with van der Waals surface area (Å²) in [4.78, 5) is 15.4. The van der Waals surface area contributed by atoms with Gasteiger partial charge in [-0.05, 0) is 34.1 Å². The molecule has 0 aliphatic carbocycles. The molecule has 0 atom stereocenters. The fraction of sp³-hybridized carbons (Fsp3) is 0.182. The first-order chi connectivity index (χ1) is 9.29. The maximum atomic E-state index is 12.8. The molecule has 0 aliphatic heterocycles. The number of halogens is 5. The van der Waals surface area contributed by atoms with Gasteiger partial charge in [0.2, 0.25) is 0 Å². The van der Waals surface area contributed by atoms with E-state index in [0.29, 0.717) is 0 Å². The summed E-state index contributed by atoms with van der Waals surface area (Å²) in [6.07, 6.45) is -3.34. The second kappa shape index (κ2) is 5.53. The van der Waals surface area contributed by atoms with E-state index in [-0.39, 0.29) is 15.3 Å².